The van der Waals surface area contributed by atoms with Crippen LogP contribution in [0.15, 0.2) is 60.7 Å². The maximum atomic E-state index is 8.25. The zero-order valence-electron chi connectivity index (χ0n) is 13.8. The van der Waals surface area contributed by atoms with Gasteiger partial charge in [0.1, 0.15) is 0 Å². The van der Waals surface area contributed by atoms with Gasteiger partial charge in [-0.25, -0.2) is 0 Å². The van der Waals surface area contributed by atoms with Crippen LogP contribution < -0.4 is 17.5 Å². The van der Waals surface area contributed by atoms with Gasteiger partial charge < -0.3 is 17.5 Å². The van der Waals surface area contributed by atoms with Gasteiger partial charge in [-0.1, -0.05) is 0 Å². The topological polar surface area (TPSA) is 23.1 Å². The molecule has 1 nitrogen and oxygen atoms in total. The number of allylic oxidation sites excluding steroid dienone is 2. The quantitative estimate of drug-likeness (QED) is 0.729. The molecule has 2 atom stereocenters. The maximum absolute atomic E-state index is 8.25. The molecule has 0 bridgehead atoms. The fourth-order valence-electron chi connectivity index (χ4n) is 4.46. The van der Waals surface area contributed by atoms with Crippen LogP contribution in [-0.4, -0.2) is 7.11 Å². The van der Waals surface area contributed by atoms with E-state index in [-0.39, 0.29) is 12.4 Å². The Bertz CT molecular complexity index is 728. The van der Waals surface area contributed by atoms with E-state index in [2.05, 4.69) is 72.8 Å². The van der Waals surface area contributed by atoms with E-state index in [4.69, 9.17) is 5.11 Å². The van der Waals surface area contributed by atoms with E-state index in [0.29, 0.717) is 0 Å². The zero-order valence-corrected chi connectivity index (χ0v) is 17.0. The molecule has 122 valence electrons. The van der Waals surface area contributed by atoms with Crippen LogP contribution in [0.25, 0.3) is 12.2 Å². The molecule has 0 N–H and O–H groups in total. The molecule has 2 aromatic rings. The molecular weight excluding hydrogens is 395 g/mol. The SMILES string of the molecule is C1=C[CH]([Zr+2]2([CH]3C=Cc4ccccc43)[CH2][CH2]2)c2ccccc21.C[O-].[Cl-]. The summed E-state index contributed by atoms with van der Waals surface area (Å²) in [4.78, 5) is 0. The Morgan fingerprint density at radius 3 is 1.58 bits per heavy atom. The van der Waals surface area contributed by atoms with E-state index in [9.17, 15) is 0 Å². The minimum absolute atomic E-state index is 0. The Hall–Kier alpha value is -0.947. The fourth-order valence-corrected chi connectivity index (χ4v) is 20.1. The van der Waals surface area contributed by atoms with E-state index >= 15 is 0 Å². The molecule has 3 aliphatic rings. The summed E-state index contributed by atoms with van der Waals surface area (Å²) in [5.41, 5.74) is 6.20. The molecule has 1 fully saturated rings. The zero-order chi connectivity index (χ0) is 15.9. The standard InChI is InChI=1S/2C9H7.C2H4.CH3O.ClH.Zr/c2*1-2-5-9-7-3-6-8(9)4-1;2*1-2;;/h2*1-7H;1-2H2;1H3;1H;/q;;;-1;;+2/p-1. The van der Waals surface area contributed by atoms with E-state index in [0.717, 1.165) is 14.4 Å². The summed E-state index contributed by atoms with van der Waals surface area (Å²) < 4.78 is 4.72. The van der Waals surface area contributed by atoms with Gasteiger partial charge in [-0.15, -0.1) is 0 Å². The van der Waals surface area contributed by atoms with Crippen LogP contribution in [0.5, 0.6) is 0 Å². The van der Waals surface area contributed by atoms with Crippen LogP contribution in [0.4, 0.5) is 0 Å². The molecule has 0 amide bonds. The predicted octanol–water partition coefficient (Wildman–Crippen LogP) is 1.51. The largest absolute Gasteiger partial charge is 1.00 e. The molecule has 5 rings (SSSR count). The van der Waals surface area contributed by atoms with Gasteiger partial charge in [-0.2, -0.15) is 7.11 Å². The Morgan fingerprint density at radius 2 is 1.17 bits per heavy atom. The van der Waals surface area contributed by atoms with Gasteiger partial charge in [0.25, 0.3) is 0 Å². The summed E-state index contributed by atoms with van der Waals surface area (Å²) in [6.45, 7) is 0. The molecule has 1 heterocycles. The van der Waals surface area contributed by atoms with Crippen LogP contribution in [0.2, 0.25) is 8.26 Å². The molecule has 2 aromatic carbocycles. The van der Waals surface area contributed by atoms with Crippen LogP contribution in [0.3, 0.4) is 0 Å². The molecule has 2 aliphatic carbocycles. The predicted molar refractivity (Wildman–Crippen MR) is 92.0 cm³/mol. The minimum atomic E-state index is -2.13. The summed E-state index contributed by atoms with van der Waals surface area (Å²) in [7, 11) is 0.750. The molecule has 0 radical (unpaired) electrons. The second kappa shape index (κ2) is 7.12. The third-order valence-corrected chi connectivity index (χ3v) is 18.3. The summed E-state index contributed by atoms with van der Waals surface area (Å²) in [6.07, 6.45) is 9.84. The first-order valence-corrected chi connectivity index (χ1v) is 14.6. The molecule has 24 heavy (non-hydrogen) atoms. The van der Waals surface area contributed by atoms with Crippen molar-refractivity contribution in [3.63, 3.8) is 0 Å². The van der Waals surface area contributed by atoms with Crippen molar-refractivity contribution in [1.29, 1.82) is 0 Å². The maximum Gasteiger partial charge on any atom is -0.153 e. The minimum Gasteiger partial charge on any atom is -1.00 e. The fraction of sp³-hybridized carbons (Fsp3) is 0.238. The average molecular weight is 416 g/mol. The first-order chi connectivity index (χ1) is 11.4. The van der Waals surface area contributed by atoms with Crippen LogP contribution in [0.1, 0.15) is 29.5 Å². The van der Waals surface area contributed by atoms with E-state index in [1.165, 1.54) is 11.1 Å². The van der Waals surface area contributed by atoms with Gasteiger partial charge in [-0.3, -0.25) is 0 Å². The molecule has 1 aliphatic heterocycles. The van der Waals surface area contributed by atoms with Crippen molar-refractivity contribution in [1.82, 2.24) is 0 Å². The molecule has 3 heteroatoms. The van der Waals surface area contributed by atoms with Crippen molar-refractivity contribution in [2.75, 3.05) is 7.11 Å². The average Bonchev–Trinajstić information content (AvgIpc) is 3.11. The Morgan fingerprint density at radius 1 is 0.750 bits per heavy atom. The number of hydrogen-bond acceptors (Lipinski definition) is 1. The van der Waals surface area contributed by atoms with E-state index in [1.807, 2.05) is 0 Å². The number of hydrogen-bond donors (Lipinski definition) is 0. The smallest absolute Gasteiger partial charge is 0.153 e. The van der Waals surface area contributed by atoms with E-state index < -0.39 is 20.3 Å². The van der Waals surface area contributed by atoms with E-state index in [1.54, 1.807) is 19.4 Å². The molecule has 0 spiro atoms. The normalized spacial score (nSPS) is 22.2. The van der Waals surface area contributed by atoms with Gasteiger partial charge in [0.05, 0.1) is 0 Å². The van der Waals surface area contributed by atoms with Crippen molar-refractivity contribution in [2.45, 2.75) is 15.5 Å². The Balaban J connectivity index is 0.000000545. The number of benzene rings is 2. The van der Waals surface area contributed by atoms with Crippen molar-refractivity contribution < 1.29 is 37.8 Å². The molecule has 2 unspecified atom stereocenters. The summed E-state index contributed by atoms with van der Waals surface area (Å²) in [5.74, 6) is 0. The third kappa shape index (κ3) is 2.69. The molecule has 0 saturated carbocycles. The second-order valence-corrected chi connectivity index (χ2v) is 18.2. The van der Waals surface area contributed by atoms with Gasteiger partial charge in [-0.05, 0) is 0 Å². The Labute approximate surface area is 154 Å². The monoisotopic (exact) mass is 414 g/mol. The molecule has 0 aromatic heterocycles. The van der Waals surface area contributed by atoms with Crippen LogP contribution in [0, 0.1) is 0 Å². The number of fused-ring (bicyclic) bond motifs is 2. The van der Waals surface area contributed by atoms with Crippen molar-refractivity contribution >= 4 is 12.2 Å². The van der Waals surface area contributed by atoms with Crippen molar-refractivity contribution in [3.8, 4) is 0 Å². The van der Waals surface area contributed by atoms with Gasteiger partial charge >= 0.3 is 131 Å². The van der Waals surface area contributed by atoms with Gasteiger partial charge in [0.15, 0.2) is 0 Å². The second-order valence-electron chi connectivity index (χ2n) is 6.66. The number of halogens is 1. The first-order valence-electron chi connectivity index (χ1n) is 8.34. The third-order valence-electron chi connectivity index (χ3n) is 5.66. The molecule has 1 saturated heterocycles. The van der Waals surface area contributed by atoms with Gasteiger partial charge in [0, 0.05) is 0 Å². The molecular formula is C21H21ClOZr. The van der Waals surface area contributed by atoms with Crippen LogP contribution in [-0.2, 0) is 20.3 Å². The Kier molecular flexibility index (Phi) is 5.30. The summed E-state index contributed by atoms with van der Waals surface area (Å²) >= 11 is -2.13. The van der Waals surface area contributed by atoms with Crippen molar-refractivity contribution in [3.05, 3.63) is 82.9 Å². The van der Waals surface area contributed by atoms with Crippen LogP contribution >= 0.6 is 0 Å². The summed E-state index contributed by atoms with van der Waals surface area (Å²) in [5, 5.41) is 8.25. The first kappa shape index (κ1) is 17.9. The summed E-state index contributed by atoms with van der Waals surface area (Å²) in [6, 6.07) is 18.1. The van der Waals surface area contributed by atoms with Crippen molar-refractivity contribution in [2.24, 2.45) is 0 Å². The van der Waals surface area contributed by atoms with Gasteiger partial charge in [0.2, 0.25) is 0 Å². The number of rotatable bonds is 2.